The Kier molecular flexibility index (Phi) is 6.46. The van der Waals surface area contributed by atoms with Crippen LogP contribution in [-0.4, -0.2) is 37.6 Å². The van der Waals surface area contributed by atoms with E-state index in [4.69, 9.17) is 0 Å². The monoisotopic (exact) mass is 413 g/mol. The molecule has 1 aliphatic heterocycles. The van der Waals surface area contributed by atoms with E-state index in [0.717, 1.165) is 24.0 Å². The second-order valence-electron chi connectivity index (χ2n) is 6.77. The molecule has 0 saturated carbocycles. The average Bonchev–Trinajstić information content (AvgIpc) is 3.27. The van der Waals surface area contributed by atoms with Crippen LogP contribution in [0.15, 0.2) is 59.5 Å². The maximum atomic E-state index is 12.5. The zero-order valence-electron chi connectivity index (χ0n) is 16.1. The standard InChI is InChI=1S/C21H23N3O4S/c1-16-6-2-3-7-17(16)10-13-20(25)22-23-21(26)18-8-11-19(12-9-18)29(27,28)24-14-4-5-15-24/h2-3,6-13H,4-5,14-15H2,1H3,(H,22,25)(H,23,26)/b13-10+. The molecule has 1 aliphatic rings. The number of benzene rings is 2. The summed E-state index contributed by atoms with van der Waals surface area (Å²) in [5, 5.41) is 0. The van der Waals surface area contributed by atoms with Gasteiger partial charge >= 0.3 is 0 Å². The molecule has 2 aromatic carbocycles. The lowest BCUT2D eigenvalue weighted by Crippen LogP contribution is -2.40. The molecule has 8 heteroatoms. The van der Waals surface area contributed by atoms with E-state index in [1.165, 1.54) is 34.6 Å². The number of sulfonamides is 1. The third-order valence-electron chi connectivity index (χ3n) is 4.72. The molecule has 2 amide bonds. The third kappa shape index (κ3) is 5.10. The number of rotatable bonds is 5. The molecule has 1 fully saturated rings. The molecule has 152 valence electrons. The second-order valence-corrected chi connectivity index (χ2v) is 8.71. The molecule has 0 bridgehead atoms. The molecule has 2 aromatic rings. The normalized spacial score (nSPS) is 14.8. The number of hydrogen-bond acceptors (Lipinski definition) is 4. The van der Waals surface area contributed by atoms with Crippen molar-refractivity contribution in [3.63, 3.8) is 0 Å². The number of carbonyl (C=O) groups excluding carboxylic acids is 2. The van der Waals surface area contributed by atoms with Crippen molar-refractivity contribution in [2.24, 2.45) is 0 Å². The Morgan fingerprint density at radius 3 is 2.28 bits per heavy atom. The minimum Gasteiger partial charge on any atom is -0.268 e. The fraction of sp³-hybridized carbons (Fsp3) is 0.238. The number of hydrogen-bond donors (Lipinski definition) is 2. The van der Waals surface area contributed by atoms with E-state index in [1.54, 1.807) is 6.08 Å². The molecule has 0 unspecified atom stereocenters. The molecule has 0 spiro atoms. The molecule has 7 nitrogen and oxygen atoms in total. The smallest absolute Gasteiger partial charge is 0.268 e. The first kappa shape index (κ1) is 20.8. The highest BCUT2D eigenvalue weighted by molar-refractivity contribution is 7.89. The Bertz CT molecular complexity index is 1020. The van der Waals surface area contributed by atoms with E-state index in [-0.39, 0.29) is 10.5 Å². The number of nitrogens with zero attached hydrogens (tertiary/aromatic N) is 1. The van der Waals surface area contributed by atoms with Gasteiger partial charge in [-0.25, -0.2) is 8.42 Å². The van der Waals surface area contributed by atoms with E-state index < -0.39 is 21.8 Å². The lowest BCUT2D eigenvalue weighted by atomic mass is 10.1. The molecule has 0 atom stereocenters. The van der Waals surface area contributed by atoms with Crippen LogP contribution in [0.2, 0.25) is 0 Å². The summed E-state index contributed by atoms with van der Waals surface area (Å²) < 4.78 is 26.5. The predicted molar refractivity (Wildman–Crippen MR) is 110 cm³/mol. The lowest BCUT2D eigenvalue weighted by molar-refractivity contribution is -0.117. The van der Waals surface area contributed by atoms with Crippen LogP contribution in [0.5, 0.6) is 0 Å². The van der Waals surface area contributed by atoms with Gasteiger partial charge in [0.25, 0.3) is 11.8 Å². The molecule has 0 radical (unpaired) electrons. The van der Waals surface area contributed by atoms with Gasteiger partial charge in [-0.05, 0) is 61.2 Å². The van der Waals surface area contributed by atoms with E-state index in [0.29, 0.717) is 13.1 Å². The molecule has 0 aliphatic carbocycles. The summed E-state index contributed by atoms with van der Waals surface area (Å²) in [4.78, 5) is 24.2. The van der Waals surface area contributed by atoms with Gasteiger partial charge in [0.05, 0.1) is 4.90 Å². The Labute approximate surface area is 170 Å². The van der Waals surface area contributed by atoms with Crippen molar-refractivity contribution in [3.8, 4) is 0 Å². The average molecular weight is 413 g/mol. The lowest BCUT2D eigenvalue weighted by Gasteiger charge is -2.15. The summed E-state index contributed by atoms with van der Waals surface area (Å²) in [6.07, 6.45) is 4.71. The number of amides is 2. The zero-order valence-corrected chi connectivity index (χ0v) is 16.9. The third-order valence-corrected chi connectivity index (χ3v) is 6.63. The van der Waals surface area contributed by atoms with Crippen LogP contribution >= 0.6 is 0 Å². The Hall–Kier alpha value is -2.97. The van der Waals surface area contributed by atoms with Gasteiger partial charge in [-0.1, -0.05) is 24.3 Å². The first-order valence-electron chi connectivity index (χ1n) is 9.32. The van der Waals surface area contributed by atoms with Crippen molar-refractivity contribution in [3.05, 3.63) is 71.3 Å². The van der Waals surface area contributed by atoms with Crippen LogP contribution in [0, 0.1) is 6.92 Å². The van der Waals surface area contributed by atoms with Gasteiger partial charge in [0, 0.05) is 24.7 Å². The number of hydrazine groups is 1. The minimum absolute atomic E-state index is 0.154. The van der Waals surface area contributed by atoms with Crippen molar-refractivity contribution in [1.29, 1.82) is 0 Å². The van der Waals surface area contributed by atoms with Crippen LogP contribution in [0.25, 0.3) is 6.08 Å². The quantitative estimate of drug-likeness (QED) is 0.581. The van der Waals surface area contributed by atoms with Gasteiger partial charge < -0.3 is 0 Å². The molecule has 0 aromatic heterocycles. The summed E-state index contributed by atoms with van der Waals surface area (Å²) in [6, 6.07) is 13.3. The van der Waals surface area contributed by atoms with Crippen LogP contribution in [-0.2, 0) is 14.8 Å². The minimum atomic E-state index is -3.52. The molecule has 2 N–H and O–H groups in total. The van der Waals surface area contributed by atoms with Crippen molar-refractivity contribution in [2.75, 3.05) is 13.1 Å². The summed E-state index contributed by atoms with van der Waals surface area (Å²) in [7, 11) is -3.52. The van der Waals surface area contributed by atoms with Crippen molar-refractivity contribution >= 4 is 27.9 Å². The molecule has 1 saturated heterocycles. The summed E-state index contributed by atoms with van der Waals surface area (Å²) in [6.45, 7) is 2.98. The highest BCUT2D eigenvalue weighted by Crippen LogP contribution is 2.21. The Morgan fingerprint density at radius 1 is 0.966 bits per heavy atom. The largest absolute Gasteiger partial charge is 0.269 e. The van der Waals surface area contributed by atoms with Gasteiger partial charge in [0.15, 0.2) is 0 Å². The summed E-state index contributed by atoms with van der Waals surface area (Å²) >= 11 is 0. The van der Waals surface area contributed by atoms with Crippen molar-refractivity contribution < 1.29 is 18.0 Å². The van der Waals surface area contributed by atoms with Crippen LogP contribution in [0.1, 0.15) is 34.3 Å². The van der Waals surface area contributed by atoms with E-state index >= 15 is 0 Å². The van der Waals surface area contributed by atoms with Crippen LogP contribution in [0.4, 0.5) is 0 Å². The molecular weight excluding hydrogens is 390 g/mol. The van der Waals surface area contributed by atoms with Gasteiger partial charge in [0.1, 0.15) is 0 Å². The molecule has 1 heterocycles. The maximum absolute atomic E-state index is 12.5. The second kappa shape index (κ2) is 9.02. The van der Waals surface area contributed by atoms with Gasteiger partial charge in [-0.15, -0.1) is 0 Å². The summed E-state index contributed by atoms with van der Waals surface area (Å²) in [5.74, 6) is -1.01. The number of aryl methyl sites for hydroxylation is 1. The van der Waals surface area contributed by atoms with Crippen LogP contribution in [0.3, 0.4) is 0 Å². The van der Waals surface area contributed by atoms with Gasteiger partial charge in [0.2, 0.25) is 10.0 Å². The SMILES string of the molecule is Cc1ccccc1/C=C/C(=O)NNC(=O)c1ccc(S(=O)(=O)N2CCCC2)cc1. The molecular formula is C21H23N3O4S. The Morgan fingerprint density at radius 2 is 1.62 bits per heavy atom. The van der Waals surface area contributed by atoms with Crippen molar-refractivity contribution in [1.82, 2.24) is 15.2 Å². The van der Waals surface area contributed by atoms with E-state index in [1.807, 2.05) is 31.2 Å². The van der Waals surface area contributed by atoms with Crippen molar-refractivity contribution in [2.45, 2.75) is 24.7 Å². The zero-order chi connectivity index (χ0) is 20.9. The fourth-order valence-corrected chi connectivity index (χ4v) is 4.54. The predicted octanol–water partition coefficient (Wildman–Crippen LogP) is 2.25. The first-order valence-corrected chi connectivity index (χ1v) is 10.8. The van der Waals surface area contributed by atoms with E-state index in [2.05, 4.69) is 10.9 Å². The number of nitrogens with one attached hydrogen (secondary N) is 2. The fourth-order valence-electron chi connectivity index (χ4n) is 3.03. The Balaban J connectivity index is 1.57. The first-order chi connectivity index (χ1) is 13.9. The topological polar surface area (TPSA) is 95.6 Å². The number of carbonyl (C=O) groups is 2. The highest BCUT2D eigenvalue weighted by Gasteiger charge is 2.27. The summed E-state index contributed by atoms with van der Waals surface area (Å²) in [5.41, 5.74) is 6.80. The molecule has 29 heavy (non-hydrogen) atoms. The maximum Gasteiger partial charge on any atom is 0.269 e. The van der Waals surface area contributed by atoms with E-state index in [9.17, 15) is 18.0 Å². The van der Waals surface area contributed by atoms with Gasteiger partial charge in [-0.3, -0.25) is 20.4 Å². The van der Waals surface area contributed by atoms with Crippen LogP contribution < -0.4 is 10.9 Å². The van der Waals surface area contributed by atoms with Gasteiger partial charge in [-0.2, -0.15) is 4.31 Å². The molecule has 3 rings (SSSR count). The highest BCUT2D eigenvalue weighted by atomic mass is 32.2.